The normalized spacial score (nSPS) is 12.5. The van der Waals surface area contributed by atoms with Crippen molar-refractivity contribution in [2.45, 2.75) is 23.8 Å². The monoisotopic (exact) mass is 380 g/mol. The van der Waals surface area contributed by atoms with E-state index in [9.17, 15) is 17.6 Å². The number of nitrogens with one attached hydrogen (secondary N) is 2. The molecule has 6 nitrogen and oxygen atoms in total. The van der Waals surface area contributed by atoms with Crippen LogP contribution >= 0.6 is 0 Å². The molecular formula is C18H21FN2O4S. The van der Waals surface area contributed by atoms with Crippen molar-refractivity contribution >= 4 is 15.9 Å². The van der Waals surface area contributed by atoms with Crippen LogP contribution in [0.5, 0.6) is 0 Å². The molecule has 0 saturated carbocycles. The predicted octanol–water partition coefficient (Wildman–Crippen LogP) is 1.21. The van der Waals surface area contributed by atoms with Gasteiger partial charge in [-0.25, -0.2) is 12.8 Å². The maximum atomic E-state index is 13.9. The first-order chi connectivity index (χ1) is 12.4. The molecule has 1 atom stereocenters. The Bertz CT molecular complexity index is 828. The van der Waals surface area contributed by atoms with Crippen LogP contribution in [0.25, 0.3) is 0 Å². The van der Waals surface area contributed by atoms with Gasteiger partial charge in [-0.15, -0.1) is 0 Å². The maximum absolute atomic E-state index is 13.9. The van der Waals surface area contributed by atoms with Gasteiger partial charge in [0.05, 0.1) is 0 Å². The lowest BCUT2D eigenvalue weighted by molar-refractivity contribution is -0.122. The third-order valence-electron chi connectivity index (χ3n) is 3.66. The summed E-state index contributed by atoms with van der Waals surface area (Å²) in [5, 5.41) is 11.4. The van der Waals surface area contributed by atoms with Gasteiger partial charge in [0, 0.05) is 13.2 Å². The molecule has 1 unspecified atom stereocenters. The van der Waals surface area contributed by atoms with Crippen LogP contribution in [0.15, 0.2) is 59.5 Å². The summed E-state index contributed by atoms with van der Waals surface area (Å²) in [7, 11) is -4.22. The Morgan fingerprint density at radius 2 is 1.73 bits per heavy atom. The summed E-state index contributed by atoms with van der Waals surface area (Å²) in [6.07, 6.45) is 0.462. The highest BCUT2D eigenvalue weighted by molar-refractivity contribution is 7.89. The van der Waals surface area contributed by atoms with Gasteiger partial charge in [0.1, 0.15) is 16.8 Å². The highest BCUT2D eigenvalue weighted by atomic mass is 32.2. The van der Waals surface area contributed by atoms with Crippen LogP contribution in [0.1, 0.15) is 12.0 Å². The van der Waals surface area contributed by atoms with Crippen LogP contribution in [0.4, 0.5) is 4.39 Å². The Morgan fingerprint density at radius 3 is 2.38 bits per heavy atom. The minimum absolute atomic E-state index is 0.0927. The van der Waals surface area contributed by atoms with E-state index in [-0.39, 0.29) is 19.6 Å². The second-order valence-electron chi connectivity index (χ2n) is 5.66. The first-order valence-electron chi connectivity index (χ1n) is 8.13. The Balaban J connectivity index is 2.22. The number of aliphatic hydroxyl groups excluding tert-OH is 1. The summed E-state index contributed by atoms with van der Waals surface area (Å²) in [5.74, 6) is -1.43. The second-order valence-corrected chi connectivity index (χ2v) is 7.34. The lowest BCUT2D eigenvalue weighted by atomic mass is 10.1. The van der Waals surface area contributed by atoms with E-state index >= 15 is 0 Å². The minimum Gasteiger partial charge on any atom is -0.396 e. The van der Waals surface area contributed by atoms with Gasteiger partial charge in [0.25, 0.3) is 0 Å². The van der Waals surface area contributed by atoms with Crippen molar-refractivity contribution < 1.29 is 22.7 Å². The third-order valence-corrected chi connectivity index (χ3v) is 5.16. The standard InChI is InChI=1S/C18H21FN2O4S/c19-15-9-4-5-10-17(15)26(24,25)21-16(18(23)20-11-6-12-22)13-14-7-2-1-3-8-14/h1-5,7-10,16,21-22H,6,11-13H2,(H,20,23). The molecule has 0 heterocycles. The fourth-order valence-electron chi connectivity index (χ4n) is 2.36. The van der Waals surface area contributed by atoms with E-state index in [2.05, 4.69) is 10.0 Å². The number of amides is 1. The number of carbonyl (C=O) groups excluding carboxylic acids is 1. The van der Waals surface area contributed by atoms with E-state index in [1.807, 2.05) is 6.07 Å². The summed E-state index contributed by atoms with van der Waals surface area (Å²) >= 11 is 0. The largest absolute Gasteiger partial charge is 0.396 e. The fraction of sp³-hybridized carbons (Fsp3) is 0.278. The molecule has 0 fully saturated rings. The Labute approximate surface area is 152 Å². The van der Waals surface area contributed by atoms with Crippen molar-refractivity contribution in [2.24, 2.45) is 0 Å². The average molecular weight is 380 g/mol. The van der Waals surface area contributed by atoms with Crippen molar-refractivity contribution in [1.29, 1.82) is 0 Å². The number of benzene rings is 2. The van der Waals surface area contributed by atoms with Gasteiger partial charge in [-0.05, 0) is 30.5 Å². The van der Waals surface area contributed by atoms with Crippen LogP contribution in [-0.4, -0.2) is 38.6 Å². The van der Waals surface area contributed by atoms with Crippen LogP contribution in [0, 0.1) is 5.82 Å². The molecule has 2 aromatic rings. The molecule has 2 rings (SSSR count). The minimum atomic E-state index is -4.22. The smallest absolute Gasteiger partial charge is 0.244 e. The zero-order valence-electron chi connectivity index (χ0n) is 14.1. The van der Waals surface area contributed by atoms with E-state index < -0.39 is 32.7 Å². The lowest BCUT2D eigenvalue weighted by Crippen LogP contribution is -2.48. The molecule has 26 heavy (non-hydrogen) atoms. The molecule has 3 N–H and O–H groups in total. The van der Waals surface area contributed by atoms with Crippen LogP contribution < -0.4 is 10.0 Å². The van der Waals surface area contributed by atoms with E-state index in [0.29, 0.717) is 6.42 Å². The van der Waals surface area contributed by atoms with Gasteiger partial charge in [-0.3, -0.25) is 4.79 Å². The van der Waals surface area contributed by atoms with E-state index in [0.717, 1.165) is 17.7 Å². The van der Waals surface area contributed by atoms with Gasteiger partial charge < -0.3 is 10.4 Å². The van der Waals surface area contributed by atoms with E-state index in [1.54, 1.807) is 24.3 Å². The van der Waals surface area contributed by atoms with Gasteiger partial charge in [0.2, 0.25) is 15.9 Å². The quantitative estimate of drug-likeness (QED) is 0.570. The average Bonchev–Trinajstić information content (AvgIpc) is 2.62. The topological polar surface area (TPSA) is 95.5 Å². The van der Waals surface area contributed by atoms with Gasteiger partial charge in [0.15, 0.2) is 0 Å². The van der Waals surface area contributed by atoms with Crippen molar-refractivity contribution in [1.82, 2.24) is 10.0 Å². The Morgan fingerprint density at radius 1 is 1.08 bits per heavy atom. The van der Waals surface area contributed by atoms with Crippen LogP contribution in [-0.2, 0) is 21.2 Å². The molecule has 0 aliphatic carbocycles. The molecule has 0 radical (unpaired) electrons. The van der Waals surface area contributed by atoms with Crippen LogP contribution in [0.2, 0.25) is 0 Å². The third kappa shape index (κ3) is 5.62. The number of sulfonamides is 1. The summed E-state index contributed by atoms with van der Waals surface area (Å²) in [6.45, 7) is 0.118. The summed E-state index contributed by atoms with van der Waals surface area (Å²) in [5.41, 5.74) is 0.756. The fourth-order valence-corrected chi connectivity index (χ4v) is 3.64. The molecular weight excluding hydrogens is 359 g/mol. The molecule has 0 saturated heterocycles. The first kappa shape index (κ1) is 20.0. The maximum Gasteiger partial charge on any atom is 0.244 e. The number of hydrogen-bond acceptors (Lipinski definition) is 4. The Hall–Kier alpha value is -2.29. The summed E-state index contributed by atoms with van der Waals surface area (Å²) in [4.78, 5) is 11.9. The lowest BCUT2D eigenvalue weighted by Gasteiger charge is -2.19. The van der Waals surface area contributed by atoms with Crippen molar-refractivity contribution in [3.8, 4) is 0 Å². The first-order valence-corrected chi connectivity index (χ1v) is 9.61. The Kier molecular flexibility index (Phi) is 7.26. The molecule has 8 heteroatoms. The number of carbonyl (C=O) groups is 1. The predicted molar refractivity (Wildman–Crippen MR) is 95.4 cm³/mol. The van der Waals surface area contributed by atoms with Crippen molar-refractivity contribution in [3.05, 3.63) is 66.0 Å². The number of halogens is 1. The SMILES string of the molecule is O=C(NCCCO)C(Cc1ccccc1)NS(=O)(=O)c1ccccc1F. The zero-order valence-corrected chi connectivity index (χ0v) is 14.9. The highest BCUT2D eigenvalue weighted by Gasteiger charge is 2.27. The summed E-state index contributed by atoms with van der Waals surface area (Å²) in [6, 6.07) is 12.8. The molecule has 0 aromatic heterocycles. The molecule has 1 amide bonds. The van der Waals surface area contributed by atoms with Crippen molar-refractivity contribution in [2.75, 3.05) is 13.2 Å². The van der Waals surface area contributed by atoms with E-state index in [4.69, 9.17) is 5.11 Å². The van der Waals surface area contributed by atoms with Crippen LogP contribution in [0.3, 0.4) is 0 Å². The molecule has 0 bridgehead atoms. The summed E-state index contributed by atoms with van der Waals surface area (Å²) < 4.78 is 41.2. The second kappa shape index (κ2) is 9.42. The molecule has 140 valence electrons. The zero-order chi connectivity index (χ0) is 19.0. The van der Waals surface area contributed by atoms with Gasteiger partial charge in [-0.1, -0.05) is 42.5 Å². The molecule has 0 spiro atoms. The van der Waals surface area contributed by atoms with Gasteiger partial charge >= 0.3 is 0 Å². The molecule has 0 aliphatic heterocycles. The van der Waals surface area contributed by atoms with Crippen molar-refractivity contribution in [3.63, 3.8) is 0 Å². The number of hydrogen-bond donors (Lipinski definition) is 3. The van der Waals surface area contributed by atoms with Gasteiger partial charge in [-0.2, -0.15) is 4.72 Å². The molecule has 2 aromatic carbocycles. The number of aliphatic hydroxyl groups is 1. The number of rotatable bonds is 9. The highest BCUT2D eigenvalue weighted by Crippen LogP contribution is 2.15. The van der Waals surface area contributed by atoms with E-state index in [1.165, 1.54) is 12.1 Å². The molecule has 0 aliphatic rings.